The van der Waals surface area contributed by atoms with E-state index < -0.39 is 0 Å². The summed E-state index contributed by atoms with van der Waals surface area (Å²) in [6.45, 7) is 0. The maximum atomic E-state index is 2.39. The van der Waals surface area contributed by atoms with Crippen molar-refractivity contribution in [2.75, 3.05) is 19.0 Å². The van der Waals surface area contributed by atoms with Crippen molar-refractivity contribution < 1.29 is 0 Å². The highest BCUT2D eigenvalue weighted by atomic mass is 15.1. The van der Waals surface area contributed by atoms with Crippen molar-refractivity contribution in [3.63, 3.8) is 0 Å². The van der Waals surface area contributed by atoms with E-state index in [0.29, 0.717) is 0 Å². The summed E-state index contributed by atoms with van der Waals surface area (Å²) in [6, 6.07) is 29.4. The molecule has 5 aromatic carbocycles. The highest BCUT2D eigenvalue weighted by Gasteiger charge is 2.09. The monoisotopic (exact) mass is 363 g/mol. The molecule has 0 amide bonds. The van der Waals surface area contributed by atoms with Crippen LogP contribution in [0.5, 0.6) is 0 Å². The normalized spacial score (nSPS) is 11.6. The van der Waals surface area contributed by atoms with Gasteiger partial charge in [-0.05, 0) is 74.8 Å². The van der Waals surface area contributed by atoms with Crippen LogP contribution in [0.25, 0.3) is 32.3 Å². The lowest BCUT2D eigenvalue weighted by atomic mass is 9.92. The van der Waals surface area contributed by atoms with E-state index in [0.717, 1.165) is 12.8 Å². The molecule has 0 atom stereocenters. The van der Waals surface area contributed by atoms with Gasteiger partial charge in [-0.3, -0.25) is 0 Å². The molecule has 0 N–H and O–H groups in total. The molecule has 0 aliphatic rings. The Balaban J connectivity index is 1.40. The lowest BCUT2D eigenvalue weighted by Gasteiger charge is -2.13. The molecule has 138 valence electrons. The van der Waals surface area contributed by atoms with E-state index in [1.807, 2.05) is 0 Å². The van der Waals surface area contributed by atoms with Crippen molar-refractivity contribution in [1.82, 2.24) is 0 Å². The second kappa shape index (κ2) is 6.83. The number of hydrogen-bond acceptors (Lipinski definition) is 1. The number of hydrogen-bond donors (Lipinski definition) is 0. The third kappa shape index (κ3) is 2.97. The molecular weight excluding hydrogens is 338 g/mol. The van der Waals surface area contributed by atoms with Gasteiger partial charge in [0.1, 0.15) is 0 Å². The summed E-state index contributed by atoms with van der Waals surface area (Å²) in [5.41, 5.74) is 4.12. The van der Waals surface area contributed by atoms with E-state index in [9.17, 15) is 0 Å². The van der Waals surface area contributed by atoms with E-state index in [-0.39, 0.29) is 0 Å². The molecule has 0 radical (unpaired) electrons. The molecule has 0 unspecified atom stereocenters. The smallest absolute Gasteiger partial charge is 0.0361 e. The van der Waals surface area contributed by atoms with Crippen LogP contribution < -0.4 is 4.90 Å². The third-order valence-electron chi connectivity index (χ3n) is 5.91. The largest absolute Gasteiger partial charge is 0.378 e. The Kier molecular flexibility index (Phi) is 4.16. The van der Waals surface area contributed by atoms with Gasteiger partial charge in [0, 0.05) is 19.8 Å². The number of nitrogens with zero attached hydrogens (tertiary/aromatic N) is 1. The second-order valence-electron chi connectivity index (χ2n) is 8.04. The van der Waals surface area contributed by atoms with Crippen molar-refractivity contribution >= 4 is 38.0 Å². The molecule has 5 rings (SSSR count). The van der Waals surface area contributed by atoms with Gasteiger partial charge in [-0.25, -0.2) is 0 Å². The average molecular weight is 364 g/mol. The minimum Gasteiger partial charge on any atom is -0.378 e. The molecular formula is C27H25N. The lowest BCUT2D eigenvalue weighted by molar-refractivity contribution is 0.822. The summed E-state index contributed by atoms with van der Waals surface area (Å²) in [7, 11) is 4.17. The highest BCUT2D eigenvalue weighted by Crippen LogP contribution is 2.35. The number of aryl methyl sites for hydroxylation is 2. The predicted molar refractivity (Wildman–Crippen MR) is 123 cm³/mol. The zero-order valence-corrected chi connectivity index (χ0v) is 16.6. The minimum atomic E-state index is 1.12. The summed E-state index contributed by atoms with van der Waals surface area (Å²) in [4.78, 5) is 2.15. The Hall–Kier alpha value is -3.06. The first kappa shape index (κ1) is 17.1. The highest BCUT2D eigenvalue weighted by molar-refractivity contribution is 6.23. The lowest BCUT2D eigenvalue weighted by Crippen LogP contribution is -2.08. The van der Waals surface area contributed by atoms with Crippen LogP contribution >= 0.6 is 0 Å². The van der Waals surface area contributed by atoms with Gasteiger partial charge in [0.05, 0.1) is 0 Å². The Morgan fingerprint density at radius 2 is 1.11 bits per heavy atom. The first-order valence-electron chi connectivity index (χ1n) is 10.1. The summed E-state index contributed by atoms with van der Waals surface area (Å²) in [5, 5.41) is 8.23. The maximum absolute atomic E-state index is 2.39. The number of rotatable bonds is 5. The Morgan fingerprint density at radius 1 is 0.571 bits per heavy atom. The fourth-order valence-electron chi connectivity index (χ4n) is 4.42. The SMILES string of the molecule is CN(C)c1ccc(CCCc2cc3ccc4cccc5ccc(c2)c3c45)cc1. The van der Waals surface area contributed by atoms with E-state index in [2.05, 4.69) is 97.9 Å². The van der Waals surface area contributed by atoms with Gasteiger partial charge in [-0.2, -0.15) is 0 Å². The van der Waals surface area contributed by atoms with E-state index in [1.54, 1.807) is 0 Å². The quantitative estimate of drug-likeness (QED) is 0.309. The maximum Gasteiger partial charge on any atom is 0.0361 e. The van der Waals surface area contributed by atoms with Crippen LogP contribution in [-0.4, -0.2) is 14.1 Å². The molecule has 0 bridgehead atoms. The molecule has 1 heteroatoms. The van der Waals surface area contributed by atoms with Gasteiger partial charge in [-0.15, -0.1) is 0 Å². The zero-order chi connectivity index (χ0) is 19.1. The molecule has 28 heavy (non-hydrogen) atoms. The molecule has 0 aromatic heterocycles. The van der Waals surface area contributed by atoms with E-state index in [1.165, 1.54) is 55.6 Å². The molecule has 0 saturated heterocycles. The molecule has 0 aliphatic heterocycles. The van der Waals surface area contributed by atoms with Gasteiger partial charge in [0.25, 0.3) is 0 Å². The van der Waals surface area contributed by atoms with Crippen molar-refractivity contribution in [2.24, 2.45) is 0 Å². The van der Waals surface area contributed by atoms with Crippen LogP contribution in [-0.2, 0) is 12.8 Å². The second-order valence-corrected chi connectivity index (χ2v) is 8.04. The first-order valence-corrected chi connectivity index (χ1v) is 10.1. The van der Waals surface area contributed by atoms with Crippen LogP contribution in [0.15, 0.2) is 78.9 Å². The van der Waals surface area contributed by atoms with Crippen LogP contribution in [0, 0.1) is 0 Å². The summed E-state index contributed by atoms with van der Waals surface area (Å²) < 4.78 is 0. The Morgan fingerprint density at radius 3 is 1.71 bits per heavy atom. The molecule has 5 aromatic rings. The standard InChI is InChI=1S/C27H25N/c1-28(2)25-15-9-19(10-16-25)5-3-6-20-17-23-13-11-21-7-4-8-22-12-14-24(18-20)27(23)26(21)22/h4,7-18H,3,5-6H2,1-2H3. The van der Waals surface area contributed by atoms with Crippen molar-refractivity contribution in [2.45, 2.75) is 19.3 Å². The molecule has 0 saturated carbocycles. The van der Waals surface area contributed by atoms with Gasteiger partial charge in [-0.1, -0.05) is 66.7 Å². The minimum absolute atomic E-state index is 1.12. The molecule has 0 aliphatic carbocycles. The summed E-state index contributed by atoms with van der Waals surface area (Å²) >= 11 is 0. The molecule has 0 heterocycles. The summed E-state index contributed by atoms with van der Waals surface area (Å²) in [6.07, 6.45) is 3.42. The van der Waals surface area contributed by atoms with Gasteiger partial charge in [0.15, 0.2) is 0 Å². The Labute approximate surface area is 166 Å². The van der Waals surface area contributed by atoms with Crippen LogP contribution in [0.4, 0.5) is 5.69 Å². The van der Waals surface area contributed by atoms with E-state index in [4.69, 9.17) is 0 Å². The van der Waals surface area contributed by atoms with Crippen molar-refractivity contribution in [3.8, 4) is 0 Å². The average Bonchev–Trinajstić information content (AvgIpc) is 2.72. The molecule has 0 spiro atoms. The molecule has 0 fully saturated rings. The zero-order valence-electron chi connectivity index (χ0n) is 16.6. The number of benzene rings is 5. The van der Waals surface area contributed by atoms with Gasteiger partial charge >= 0.3 is 0 Å². The topological polar surface area (TPSA) is 3.24 Å². The van der Waals surface area contributed by atoms with Crippen LogP contribution in [0.3, 0.4) is 0 Å². The first-order chi connectivity index (χ1) is 13.7. The van der Waals surface area contributed by atoms with Crippen LogP contribution in [0.2, 0.25) is 0 Å². The predicted octanol–water partition coefficient (Wildman–Crippen LogP) is 6.83. The fraction of sp³-hybridized carbons (Fsp3) is 0.185. The van der Waals surface area contributed by atoms with Gasteiger partial charge < -0.3 is 4.90 Å². The van der Waals surface area contributed by atoms with Crippen LogP contribution in [0.1, 0.15) is 17.5 Å². The van der Waals surface area contributed by atoms with Crippen molar-refractivity contribution in [1.29, 1.82) is 0 Å². The number of anilines is 1. The van der Waals surface area contributed by atoms with E-state index >= 15 is 0 Å². The Bertz CT molecular complexity index is 1180. The van der Waals surface area contributed by atoms with Crippen molar-refractivity contribution in [3.05, 3.63) is 90.0 Å². The summed E-state index contributed by atoms with van der Waals surface area (Å²) in [5.74, 6) is 0. The fourth-order valence-corrected chi connectivity index (χ4v) is 4.42. The molecule has 1 nitrogen and oxygen atoms in total. The third-order valence-corrected chi connectivity index (χ3v) is 5.91. The van der Waals surface area contributed by atoms with Gasteiger partial charge in [0.2, 0.25) is 0 Å².